The molecule has 0 fully saturated rings. The standard InChI is InChI=1S/C11H12Cl2O4/c1-6(11(15)16-2)17-7-3-9(12)8(5-14)10(13)4-7/h3-4,6,14H,5H2,1-2H3. The highest BCUT2D eigenvalue weighted by Crippen LogP contribution is 2.30. The lowest BCUT2D eigenvalue weighted by molar-refractivity contribution is -0.147. The smallest absolute Gasteiger partial charge is 0.346 e. The third-order valence-electron chi connectivity index (χ3n) is 2.12. The van der Waals surface area contributed by atoms with E-state index < -0.39 is 12.1 Å². The molecule has 0 aromatic heterocycles. The largest absolute Gasteiger partial charge is 0.479 e. The van der Waals surface area contributed by atoms with Crippen LogP contribution < -0.4 is 4.74 Å². The first kappa shape index (κ1) is 14.1. The monoisotopic (exact) mass is 278 g/mol. The zero-order valence-electron chi connectivity index (χ0n) is 9.37. The van der Waals surface area contributed by atoms with Crippen LogP contribution in [0.1, 0.15) is 12.5 Å². The van der Waals surface area contributed by atoms with E-state index in [2.05, 4.69) is 4.74 Å². The zero-order valence-corrected chi connectivity index (χ0v) is 10.9. The van der Waals surface area contributed by atoms with Crippen molar-refractivity contribution in [3.8, 4) is 5.75 Å². The number of hydrogen-bond donors (Lipinski definition) is 1. The summed E-state index contributed by atoms with van der Waals surface area (Å²) in [6.45, 7) is 1.29. The summed E-state index contributed by atoms with van der Waals surface area (Å²) in [7, 11) is 1.27. The van der Waals surface area contributed by atoms with Crippen LogP contribution in [-0.2, 0) is 16.1 Å². The van der Waals surface area contributed by atoms with E-state index >= 15 is 0 Å². The molecule has 0 aliphatic carbocycles. The molecule has 6 heteroatoms. The molecule has 0 aliphatic heterocycles. The van der Waals surface area contributed by atoms with Gasteiger partial charge in [0.25, 0.3) is 0 Å². The highest BCUT2D eigenvalue weighted by Gasteiger charge is 2.16. The number of benzene rings is 1. The van der Waals surface area contributed by atoms with Crippen molar-refractivity contribution >= 4 is 29.2 Å². The van der Waals surface area contributed by atoms with Crippen LogP contribution in [0.2, 0.25) is 10.0 Å². The van der Waals surface area contributed by atoms with Crippen molar-refractivity contribution in [1.82, 2.24) is 0 Å². The summed E-state index contributed by atoms with van der Waals surface area (Å²) in [5.74, 6) is -0.154. The summed E-state index contributed by atoms with van der Waals surface area (Å²) in [4.78, 5) is 11.2. The molecule has 0 radical (unpaired) electrons. The lowest BCUT2D eigenvalue weighted by Gasteiger charge is -2.14. The van der Waals surface area contributed by atoms with Gasteiger partial charge in [-0.2, -0.15) is 0 Å². The van der Waals surface area contributed by atoms with E-state index in [9.17, 15) is 4.79 Å². The van der Waals surface area contributed by atoms with Crippen molar-refractivity contribution in [2.75, 3.05) is 7.11 Å². The maximum absolute atomic E-state index is 11.2. The summed E-state index contributed by atoms with van der Waals surface area (Å²) in [6, 6.07) is 2.97. The molecule has 0 spiro atoms. The number of hydrogen-bond acceptors (Lipinski definition) is 4. The Morgan fingerprint density at radius 2 is 1.94 bits per heavy atom. The molecule has 94 valence electrons. The van der Waals surface area contributed by atoms with Crippen LogP contribution in [0.4, 0.5) is 0 Å². The van der Waals surface area contributed by atoms with Gasteiger partial charge >= 0.3 is 5.97 Å². The topological polar surface area (TPSA) is 55.8 Å². The molecule has 0 heterocycles. The minimum absolute atomic E-state index is 0.259. The van der Waals surface area contributed by atoms with Crippen molar-refractivity contribution in [2.45, 2.75) is 19.6 Å². The number of methoxy groups -OCH3 is 1. The van der Waals surface area contributed by atoms with Gasteiger partial charge in [0, 0.05) is 5.56 Å². The van der Waals surface area contributed by atoms with Gasteiger partial charge in [0.1, 0.15) is 5.75 Å². The molecule has 1 rings (SSSR count). The van der Waals surface area contributed by atoms with E-state index in [0.29, 0.717) is 11.3 Å². The highest BCUT2D eigenvalue weighted by molar-refractivity contribution is 6.36. The fourth-order valence-corrected chi connectivity index (χ4v) is 1.80. The minimum Gasteiger partial charge on any atom is -0.479 e. The molecule has 17 heavy (non-hydrogen) atoms. The van der Waals surface area contributed by atoms with Gasteiger partial charge in [0.2, 0.25) is 0 Å². The first-order valence-electron chi connectivity index (χ1n) is 4.82. The summed E-state index contributed by atoms with van der Waals surface area (Å²) in [5, 5.41) is 9.58. The number of aliphatic hydroxyl groups excluding tert-OH is 1. The van der Waals surface area contributed by atoms with E-state index in [1.54, 1.807) is 6.92 Å². The second-order valence-corrected chi connectivity index (χ2v) is 4.12. The van der Waals surface area contributed by atoms with Crippen LogP contribution in [0.5, 0.6) is 5.75 Å². The molecule has 0 aliphatic rings. The SMILES string of the molecule is COC(=O)C(C)Oc1cc(Cl)c(CO)c(Cl)c1. The molecule has 1 aromatic rings. The normalized spacial score (nSPS) is 12.1. The minimum atomic E-state index is -0.757. The molecular formula is C11H12Cl2O4. The van der Waals surface area contributed by atoms with Crippen LogP contribution in [0, 0.1) is 0 Å². The van der Waals surface area contributed by atoms with Gasteiger partial charge in [-0.3, -0.25) is 0 Å². The van der Waals surface area contributed by atoms with Crippen molar-refractivity contribution in [1.29, 1.82) is 0 Å². The molecule has 1 atom stereocenters. The predicted octanol–water partition coefficient (Wildman–Crippen LogP) is 2.43. The Morgan fingerprint density at radius 1 is 1.41 bits per heavy atom. The zero-order chi connectivity index (χ0) is 13.0. The van der Waals surface area contributed by atoms with Gasteiger partial charge in [-0.05, 0) is 19.1 Å². The molecule has 1 aromatic carbocycles. The third kappa shape index (κ3) is 3.49. The van der Waals surface area contributed by atoms with E-state index in [1.807, 2.05) is 0 Å². The van der Waals surface area contributed by atoms with E-state index in [4.69, 9.17) is 33.0 Å². The van der Waals surface area contributed by atoms with Gasteiger partial charge in [0.15, 0.2) is 6.10 Å². The Bertz CT molecular complexity index is 397. The van der Waals surface area contributed by atoms with Crippen molar-refractivity contribution < 1.29 is 19.4 Å². The third-order valence-corrected chi connectivity index (χ3v) is 2.79. The molecule has 0 saturated heterocycles. The number of rotatable bonds is 4. The first-order valence-corrected chi connectivity index (χ1v) is 5.58. The van der Waals surface area contributed by atoms with Crippen molar-refractivity contribution in [3.63, 3.8) is 0 Å². The number of carbonyl (C=O) groups excluding carboxylic acids is 1. The average molecular weight is 279 g/mol. The molecule has 0 saturated carbocycles. The van der Waals surface area contributed by atoms with Gasteiger partial charge < -0.3 is 14.6 Å². The van der Waals surface area contributed by atoms with Gasteiger partial charge in [-0.1, -0.05) is 23.2 Å². The number of ether oxygens (including phenoxy) is 2. The van der Waals surface area contributed by atoms with Crippen LogP contribution >= 0.6 is 23.2 Å². The number of halogens is 2. The highest BCUT2D eigenvalue weighted by atomic mass is 35.5. The lowest BCUT2D eigenvalue weighted by Crippen LogP contribution is -2.24. The van der Waals surface area contributed by atoms with Crippen LogP contribution in [0.25, 0.3) is 0 Å². The predicted molar refractivity (Wildman–Crippen MR) is 64.5 cm³/mol. The lowest BCUT2D eigenvalue weighted by atomic mass is 10.2. The first-order chi connectivity index (χ1) is 7.99. The second-order valence-electron chi connectivity index (χ2n) is 3.31. The summed E-state index contributed by atoms with van der Waals surface area (Å²) < 4.78 is 9.82. The molecule has 4 nitrogen and oxygen atoms in total. The fraction of sp³-hybridized carbons (Fsp3) is 0.364. The molecule has 0 amide bonds. The van der Waals surface area contributed by atoms with Crippen LogP contribution in [0.3, 0.4) is 0 Å². The Morgan fingerprint density at radius 3 is 2.35 bits per heavy atom. The van der Waals surface area contributed by atoms with E-state index in [1.165, 1.54) is 19.2 Å². The maximum atomic E-state index is 11.2. The van der Waals surface area contributed by atoms with Gasteiger partial charge in [0.05, 0.1) is 23.8 Å². The van der Waals surface area contributed by atoms with Crippen molar-refractivity contribution in [2.24, 2.45) is 0 Å². The van der Waals surface area contributed by atoms with Gasteiger partial charge in [-0.25, -0.2) is 4.79 Å². The van der Waals surface area contributed by atoms with E-state index in [0.717, 1.165) is 0 Å². The Balaban J connectivity index is 2.90. The Labute approximate surface area is 109 Å². The molecular weight excluding hydrogens is 267 g/mol. The molecule has 1 N–H and O–H groups in total. The average Bonchev–Trinajstić information content (AvgIpc) is 2.27. The number of aliphatic hydroxyl groups is 1. The Kier molecular flexibility index (Phi) is 5.05. The maximum Gasteiger partial charge on any atom is 0.346 e. The molecule has 1 unspecified atom stereocenters. The Hall–Kier alpha value is -0.970. The van der Waals surface area contributed by atoms with Crippen LogP contribution in [-0.4, -0.2) is 24.3 Å². The summed E-state index contributed by atoms with van der Waals surface area (Å²) in [5.41, 5.74) is 0.423. The summed E-state index contributed by atoms with van der Waals surface area (Å²) in [6.07, 6.45) is -0.757. The quantitative estimate of drug-likeness (QED) is 0.860. The van der Waals surface area contributed by atoms with E-state index in [-0.39, 0.29) is 16.7 Å². The number of esters is 1. The molecule has 0 bridgehead atoms. The number of carbonyl (C=O) groups is 1. The van der Waals surface area contributed by atoms with Crippen LogP contribution in [0.15, 0.2) is 12.1 Å². The van der Waals surface area contributed by atoms with Gasteiger partial charge in [-0.15, -0.1) is 0 Å². The summed E-state index contributed by atoms with van der Waals surface area (Å²) >= 11 is 11.8. The van der Waals surface area contributed by atoms with Crippen molar-refractivity contribution in [3.05, 3.63) is 27.7 Å². The fourth-order valence-electron chi connectivity index (χ4n) is 1.22. The second kappa shape index (κ2) is 6.10.